The summed E-state index contributed by atoms with van der Waals surface area (Å²) in [5, 5.41) is 21.6. The van der Waals surface area contributed by atoms with Crippen molar-refractivity contribution in [1.82, 2.24) is 0 Å². The number of benzene rings is 2. The number of nitrogens with two attached hydrogens (primary N) is 1. The third kappa shape index (κ3) is 2.83. The van der Waals surface area contributed by atoms with Crippen molar-refractivity contribution in [3.8, 4) is 11.5 Å². The van der Waals surface area contributed by atoms with E-state index in [0.29, 0.717) is 12.2 Å². The second-order valence-electron chi connectivity index (χ2n) is 4.03. The van der Waals surface area contributed by atoms with Gasteiger partial charge in [-0.15, -0.1) is 0 Å². The van der Waals surface area contributed by atoms with Crippen molar-refractivity contribution >= 4 is 11.6 Å². The maximum absolute atomic E-state index is 12.0. The van der Waals surface area contributed by atoms with E-state index in [1.807, 2.05) is 6.07 Å². The number of phenolic OH excluding ortho intramolecular Hbond substituents is 2. The van der Waals surface area contributed by atoms with Gasteiger partial charge in [0.05, 0.1) is 5.56 Å². The fourth-order valence-electron chi connectivity index (χ4n) is 1.69. The standard InChI is InChI=1S/C14H14N2O3/c15-8-9-3-1-4-10(7-9)16-14(19)11-5-2-6-12(17)13(11)18/h1-7,17-18H,8,15H2,(H,16,19). The Morgan fingerprint density at radius 2 is 1.89 bits per heavy atom. The number of amides is 1. The summed E-state index contributed by atoms with van der Waals surface area (Å²) in [4.78, 5) is 12.0. The number of hydrogen-bond acceptors (Lipinski definition) is 4. The Balaban J connectivity index is 2.23. The van der Waals surface area contributed by atoms with Gasteiger partial charge in [-0.2, -0.15) is 0 Å². The molecule has 0 aliphatic carbocycles. The first-order valence-corrected chi connectivity index (χ1v) is 5.73. The Morgan fingerprint density at radius 1 is 1.16 bits per heavy atom. The Kier molecular flexibility index (Phi) is 3.68. The smallest absolute Gasteiger partial charge is 0.259 e. The Bertz CT molecular complexity index is 611. The van der Waals surface area contributed by atoms with Crippen molar-refractivity contribution in [3.05, 3.63) is 53.6 Å². The van der Waals surface area contributed by atoms with E-state index in [2.05, 4.69) is 5.32 Å². The summed E-state index contributed by atoms with van der Waals surface area (Å²) in [7, 11) is 0. The largest absolute Gasteiger partial charge is 0.504 e. The molecule has 0 saturated heterocycles. The maximum Gasteiger partial charge on any atom is 0.259 e. The van der Waals surface area contributed by atoms with Crippen LogP contribution in [0.25, 0.3) is 0 Å². The molecule has 1 amide bonds. The molecule has 0 aliphatic rings. The number of carbonyl (C=O) groups is 1. The monoisotopic (exact) mass is 258 g/mol. The van der Waals surface area contributed by atoms with Gasteiger partial charge >= 0.3 is 0 Å². The SMILES string of the molecule is NCc1cccc(NC(=O)c2cccc(O)c2O)c1. The van der Waals surface area contributed by atoms with Crippen molar-refractivity contribution in [2.75, 3.05) is 5.32 Å². The van der Waals surface area contributed by atoms with Crippen molar-refractivity contribution in [2.24, 2.45) is 5.73 Å². The van der Waals surface area contributed by atoms with E-state index in [1.165, 1.54) is 18.2 Å². The Hall–Kier alpha value is -2.53. The molecule has 0 unspecified atom stereocenters. The fourth-order valence-corrected chi connectivity index (χ4v) is 1.69. The van der Waals surface area contributed by atoms with Crippen LogP contribution in [0.3, 0.4) is 0 Å². The predicted octanol–water partition coefficient (Wildman–Crippen LogP) is 1.81. The number of anilines is 1. The summed E-state index contributed by atoms with van der Waals surface area (Å²) in [6.07, 6.45) is 0. The highest BCUT2D eigenvalue weighted by molar-refractivity contribution is 6.06. The van der Waals surface area contributed by atoms with Gasteiger partial charge in [-0.25, -0.2) is 0 Å². The van der Waals surface area contributed by atoms with Crippen LogP contribution in [0.4, 0.5) is 5.69 Å². The molecule has 0 saturated carbocycles. The van der Waals surface area contributed by atoms with Gasteiger partial charge in [0.25, 0.3) is 5.91 Å². The number of nitrogens with one attached hydrogen (secondary N) is 1. The van der Waals surface area contributed by atoms with Crippen LogP contribution < -0.4 is 11.1 Å². The second-order valence-corrected chi connectivity index (χ2v) is 4.03. The van der Waals surface area contributed by atoms with Crippen LogP contribution in [-0.2, 0) is 6.54 Å². The molecule has 0 aromatic heterocycles. The van der Waals surface area contributed by atoms with Gasteiger partial charge in [0.15, 0.2) is 11.5 Å². The first-order chi connectivity index (χ1) is 9.11. The van der Waals surface area contributed by atoms with Crippen LogP contribution in [0.15, 0.2) is 42.5 Å². The minimum atomic E-state index is -0.498. The normalized spacial score (nSPS) is 10.2. The van der Waals surface area contributed by atoms with E-state index in [4.69, 9.17) is 5.73 Å². The predicted molar refractivity (Wildman–Crippen MR) is 72.1 cm³/mol. The first kappa shape index (κ1) is 12.9. The second kappa shape index (κ2) is 5.41. The van der Waals surface area contributed by atoms with Gasteiger partial charge in [-0.05, 0) is 29.8 Å². The minimum absolute atomic E-state index is 0.0122. The van der Waals surface area contributed by atoms with E-state index in [9.17, 15) is 15.0 Å². The maximum atomic E-state index is 12.0. The number of carbonyl (C=O) groups excluding carboxylic acids is 1. The average molecular weight is 258 g/mol. The van der Waals surface area contributed by atoms with Crippen molar-refractivity contribution in [3.63, 3.8) is 0 Å². The zero-order valence-electron chi connectivity index (χ0n) is 10.1. The zero-order chi connectivity index (χ0) is 13.8. The van der Waals surface area contributed by atoms with Gasteiger partial charge in [0.1, 0.15) is 0 Å². The molecular formula is C14H14N2O3. The van der Waals surface area contributed by atoms with E-state index < -0.39 is 11.7 Å². The molecular weight excluding hydrogens is 244 g/mol. The highest BCUT2D eigenvalue weighted by Crippen LogP contribution is 2.28. The summed E-state index contributed by atoms with van der Waals surface area (Å²) < 4.78 is 0. The molecule has 0 bridgehead atoms. The van der Waals surface area contributed by atoms with E-state index in [1.54, 1.807) is 18.2 Å². The van der Waals surface area contributed by atoms with E-state index >= 15 is 0 Å². The number of para-hydroxylation sites is 1. The summed E-state index contributed by atoms with van der Waals surface area (Å²) in [5.74, 6) is -1.26. The van der Waals surface area contributed by atoms with E-state index in [-0.39, 0.29) is 11.3 Å². The highest BCUT2D eigenvalue weighted by atomic mass is 16.3. The molecule has 19 heavy (non-hydrogen) atoms. The molecule has 2 rings (SSSR count). The van der Waals surface area contributed by atoms with Gasteiger partial charge in [-0.1, -0.05) is 18.2 Å². The molecule has 98 valence electrons. The summed E-state index contributed by atoms with van der Waals surface area (Å²) in [6.45, 7) is 0.376. The lowest BCUT2D eigenvalue weighted by molar-refractivity contribution is 0.102. The lowest BCUT2D eigenvalue weighted by Crippen LogP contribution is -2.12. The van der Waals surface area contributed by atoms with Crippen molar-refractivity contribution in [1.29, 1.82) is 0 Å². The first-order valence-electron chi connectivity index (χ1n) is 5.73. The molecule has 5 N–H and O–H groups in total. The molecule has 0 radical (unpaired) electrons. The number of aromatic hydroxyl groups is 2. The van der Waals surface area contributed by atoms with Crippen LogP contribution in [0, 0.1) is 0 Å². The van der Waals surface area contributed by atoms with Gasteiger partial charge in [-0.3, -0.25) is 4.79 Å². The lowest BCUT2D eigenvalue weighted by Gasteiger charge is -2.08. The average Bonchev–Trinajstić information content (AvgIpc) is 2.42. The Morgan fingerprint density at radius 3 is 2.63 bits per heavy atom. The van der Waals surface area contributed by atoms with Crippen LogP contribution >= 0.6 is 0 Å². The summed E-state index contributed by atoms with van der Waals surface area (Å²) >= 11 is 0. The molecule has 0 aliphatic heterocycles. The quantitative estimate of drug-likeness (QED) is 0.631. The molecule has 0 spiro atoms. The number of rotatable bonds is 3. The molecule has 0 atom stereocenters. The van der Waals surface area contributed by atoms with Crippen LogP contribution in [0.5, 0.6) is 11.5 Å². The summed E-state index contributed by atoms with van der Waals surface area (Å²) in [6, 6.07) is 11.3. The Labute approximate surface area is 110 Å². The highest BCUT2D eigenvalue weighted by Gasteiger charge is 2.13. The third-order valence-electron chi connectivity index (χ3n) is 2.68. The third-order valence-corrected chi connectivity index (χ3v) is 2.68. The lowest BCUT2D eigenvalue weighted by atomic mass is 10.1. The minimum Gasteiger partial charge on any atom is -0.504 e. The van der Waals surface area contributed by atoms with Gasteiger partial charge in [0, 0.05) is 12.2 Å². The van der Waals surface area contributed by atoms with Crippen molar-refractivity contribution in [2.45, 2.75) is 6.54 Å². The fraction of sp³-hybridized carbons (Fsp3) is 0.0714. The molecule has 5 nitrogen and oxygen atoms in total. The number of phenols is 2. The van der Waals surface area contributed by atoms with Gasteiger partial charge in [0.2, 0.25) is 0 Å². The van der Waals surface area contributed by atoms with Crippen molar-refractivity contribution < 1.29 is 15.0 Å². The molecule has 0 heterocycles. The number of hydrogen-bond donors (Lipinski definition) is 4. The topological polar surface area (TPSA) is 95.6 Å². The van der Waals surface area contributed by atoms with E-state index in [0.717, 1.165) is 5.56 Å². The molecule has 2 aromatic rings. The van der Waals surface area contributed by atoms with Crippen LogP contribution in [0.2, 0.25) is 0 Å². The zero-order valence-corrected chi connectivity index (χ0v) is 10.1. The van der Waals surface area contributed by atoms with Crippen LogP contribution in [-0.4, -0.2) is 16.1 Å². The summed E-state index contributed by atoms with van der Waals surface area (Å²) in [5.41, 5.74) is 7.00. The van der Waals surface area contributed by atoms with Crippen LogP contribution in [0.1, 0.15) is 15.9 Å². The van der Waals surface area contributed by atoms with Gasteiger partial charge < -0.3 is 21.3 Å². The molecule has 0 fully saturated rings. The molecule has 2 aromatic carbocycles. The molecule has 5 heteroatoms.